The molecule has 1 heterocycles. The Morgan fingerprint density at radius 1 is 1.08 bits per heavy atom. The molecule has 0 fully saturated rings. The number of aryl methyl sites for hydroxylation is 1. The molecule has 1 aliphatic rings. The minimum atomic E-state index is -3.73. The second-order valence-electron chi connectivity index (χ2n) is 5.56. The fourth-order valence-corrected chi connectivity index (χ4v) is 4.39. The summed E-state index contributed by atoms with van der Waals surface area (Å²) in [4.78, 5) is 0.244. The van der Waals surface area contributed by atoms with Gasteiger partial charge in [0.1, 0.15) is 5.76 Å². The first-order valence-electron chi connectivity index (χ1n) is 7.86. The van der Waals surface area contributed by atoms with Crippen molar-refractivity contribution < 1.29 is 13.2 Å². The highest BCUT2D eigenvalue weighted by atomic mass is 79.9. The van der Waals surface area contributed by atoms with Crippen LogP contribution in [0, 0.1) is 6.92 Å². The standard InChI is InChI=1S/C19H18BrNO3S/c1-3-24-19-16-6-4-5-7-18(16)21(13-12-17(19)20)25(22,23)15-10-8-14(2)9-11-15/h4-13H,3H2,1-2H3. The first kappa shape index (κ1) is 17.8. The van der Waals surface area contributed by atoms with E-state index in [2.05, 4.69) is 15.9 Å². The Hall–Kier alpha value is -2.05. The summed E-state index contributed by atoms with van der Waals surface area (Å²) >= 11 is 3.48. The molecule has 0 spiro atoms. The van der Waals surface area contributed by atoms with Crippen LogP contribution < -0.4 is 4.31 Å². The van der Waals surface area contributed by atoms with E-state index in [1.54, 1.807) is 42.6 Å². The van der Waals surface area contributed by atoms with Gasteiger partial charge >= 0.3 is 0 Å². The van der Waals surface area contributed by atoms with Crippen molar-refractivity contribution in [2.24, 2.45) is 0 Å². The Kier molecular flexibility index (Phi) is 5.01. The van der Waals surface area contributed by atoms with Crippen molar-refractivity contribution in [3.8, 4) is 0 Å². The van der Waals surface area contributed by atoms with Crippen LogP contribution in [0.5, 0.6) is 0 Å². The van der Waals surface area contributed by atoms with Gasteiger partial charge in [0.15, 0.2) is 0 Å². The lowest BCUT2D eigenvalue weighted by Gasteiger charge is -2.22. The van der Waals surface area contributed by atoms with Gasteiger partial charge < -0.3 is 4.74 Å². The van der Waals surface area contributed by atoms with Crippen LogP contribution in [0.15, 0.2) is 70.2 Å². The molecule has 3 rings (SSSR count). The third-order valence-electron chi connectivity index (χ3n) is 3.83. The minimum absolute atomic E-state index is 0.244. The number of sulfonamides is 1. The number of para-hydroxylation sites is 1. The maximum atomic E-state index is 13.2. The van der Waals surface area contributed by atoms with Gasteiger partial charge in [0, 0.05) is 11.8 Å². The highest BCUT2D eigenvalue weighted by molar-refractivity contribution is 9.12. The Morgan fingerprint density at radius 3 is 2.44 bits per heavy atom. The van der Waals surface area contributed by atoms with Crippen LogP contribution in [0.25, 0.3) is 5.76 Å². The van der Waals surface area contributed by atoms with E-state index >= 15 is 0 Å². The summed E-state index contributed by atoms with van der Waals surface area (Å²) < 4.78 is 34.1. The summed E-state index contributed by atoms with van der Waals surface area (Å²) in [6.45, 7) is 4.30. The van der Waals surface area contributed by atoms with Gasteiger partial charge in [-0.15, -0.1) is 0 Å². The van der Waals surface area contributed by atoms with Crippen LogP contribution in [0.2, 0.25) is 0 Å². The van der Waals surface area contributed by atoms with E-state index in [9.17, 15) is 8.42 Å². The zero-order chi connectivity index (χ0) is 18.0. The number of ether oxygens (including phenoxy) is 1. The zero-order valence-electron chi connectivity index (χ0n) is 13.9. The Labute approximate surface area is 156 Å². The SMILES string of the molecule is CCOC1=C(Br)C=CN(S(=O)(=O)c2ccc(C)cc2)c2ccccc21. The topological polar surface area (TPSA) is 46.6 Å². The second kappa shape index (κ2) is 7.06. The molecule has 0 saturated heterocycles. The van der Waals surface area contributed by atoms with Gasteiger partial charge in [0.25, 0.3) is 10.0 Å². The van der Waals surface area contributed by atoms with Crippen molar-refractivity contribution >= 4 is 37.4 Å². The molecule has 0 saturated carbocycles. The van der Waals surface area contributed by atoms with E-state index in [-0.39, 0.29) is 4.90 Å². The van der Waals surface area contributed by atoms with E-state index in [1.807, 2.05) is 32.0 Å². The molecule has 0 N–H and O–H groups in total. The summed E-state index contributed by atoms with van der Waals surface area (Å²) in [5.74, 6) is 0.621. The molecule has 0 aromatic heterocycles. The van der Waals surface area contributed by atoms with Gasteiger partial charge in [0.2, 0.25) is 0 Å². The van der Waals surface area contributed by atoms with Crippen LogP contribution in [0.4, 0.5) is 5.69 Å². The maximum Gasteiger partial charge on any atom is 0.268 e. The lowest BCUT2D eigenvalue weighted by molar-refractivity contribution is 0.298. The predicted octanol–water partition coefficient (Wildman–Crippen LogP) is 4.82. The molecular formula is C19H18BrNO3S. The molecule has 0 aliphatic carbocycles. The average Bonchev–Trinajstić information content (AvgIpc) is 2.73. The minimum Gasteiger partial charge on any atom is -0.492 e. The molecule has 6 heteroatoms. The van der Waals surface area contributed by atoms with Crippen molar-refractivity contribution in [1.82, 2.24) is 0 Å². The number of halogens is 1. The van der Waals surface area contributed by atoms with E-state index in [1.165, 1.54) is 4.31 Å². The molecular weight excluding hydrogens is 402 g/mol. The van der Waals surface area contributed by atoms with Crippen LogP contribution in [-0.4, -0.2) is 15.0 Å². The van der Waals surface area contributed by atoms with Crippen molar-refractivity contribution in [3.05, 3.63) is 76.4 Å². The van der Waals surface area contributed by atoms with Gasteiger partial charge in [-0.25, -0.2) is 12.7 Å². The third kappa shape index (κ3) is 3.37. The first-order valence-corrected chi connectivity index (χ1v) is 10.1. The molecule has 2 aromatic carbocycles. The number of anilines is 1. The second-order valence-corrected chi connectivity index (χ2v) is 8.23. The fourth-order valence-electron chi connectivity index (χ4n) is 2.60. The first-order chi connectivity index (χ1) is 11.9. The number of hydrogen-bond acceptors (Lipinski definition) is 3. The average molecular weight is 420 g/mol. The van der Waals surface area contributed by atoms with E-state index in [4.69, 9.17) is 4.74 Å². The maximum absolute atomic E-state index is 13.2. The Morgan fingerprint density at radius 2 is 1.76 bits per heavy atom. The third-order valence-corrected chi connectivity index (χ3v) is 6.15. The number of rotatable bonds is 4. The van der Waals surface area contributed by atoms with Crippen LogP contribution in [0.1, 0.15) is 18.1 Å². The lowest BCUT2D eigenvalue weighted by atomic mass is 10.1. The quantitative estimate of drug-likeness (QED) is 0.713. The molecule has 0 atom stereocenters. The van der Waals surface area contributed by atoms with Gasteiger partial charge in [-0.2, -0.15) is 0 Å². The highest BCUT2D eigenvalue weighted by Gasteiger charge is 2.28. The lowest BCUT2D eigenvalue weighted by Crippen LogP contribution is -2.26. The Balaban J connectivity index is 2.17. The number of nitrogens with zero attached hydrogens (tertiary/aromatic N) is 1. The van der Waals surface area contributed by atoms with Crippen molar-refractivity contribution in [2.75, 3.05) is 10.9 Å². The van der Waals surface area contributed by atoms with Crippen LogP contribution in [-0.2, 0) is 14.8 Å². The molecule has 1 aliphatic heterocycles. The van der Waals surface area contributed by atoms with Crippen molar-refractivity contribution in [2.45, 2.75) is 18.7 Å². The number of allylic oxidation sites excluding steroid dienone is 2. The predicted molar refractivity (Wildman–Crippen MR) is 104 cm³/mol. The van der Waals surface area contributed by atoms with E-state index < -0.39 is 10.0 Å². The molecule has 0 amide bonds. The molecule has 0 unspecified atom stereocenters. The summed E-state index contributed by atoms with van der Waals surface area (Å²) in [6.07, 6.45) is 3.24. The zero-order valence-corrected chi connectivity index (χ0v) is 16.3. The molecule has 25 heavy (non-hydrogen) atoms. The summed E-state index contributed by atoms with van der Waals surface area (Å²) in [5, 5.41) is 0. The van der Waals surface area contributed by atoms with Crippen molar-refractivity contribution in [3.63, 3.8) is 0 Å². The number of hydrogen-bond donors (Lipinski definition) is 0. The smallest absolute Gasteiger partial charge is 0.268 e. The molecule has 130 valence electrons. The summed E-state index contributed by atoms with van der Waals surface area (Å²) in [7, 11) is -3.73. The van der Waals surface area contributed by atoms with E-state index in [0.29, 0.717) is 22.5 Å². The molecule has 2 aromatic rings. The molecule has 4 nitrogen and oxygen atoms in total. The Bertz CT molecular complexity index is 947. The highest BCUT2D eigenvalue weighted by Crippen LogP contribution is 2.38. The largest absolute Gasteiger partial charge is 0.492 e. The monoisotopic (exact) mass is 419 g/mol. The molecule has 0 bridgehead atoms. The normalized spacial score (nSPS) is 14.3. The van der Waals surface area contributed by atoms with Gasteiger partial charge in [-0.05, 0) is 60.1 Å². The van der Waals surface area contributed by atoms with Gasteiger partial charge in [0.05, 0.1) is 21.7 Å². The number of benzene rings is 2. The van der Waals surface area contributed by atoms with E-state index in [0.717, 1.165) is 11.1 Å². The molecule has 0 radical (unpaired) electrons. The fraction of sp³-hybridized carbons (Fsp3) is 0.158. The van der Waals surface area contributed by atoms with Crippen LogP contribution >= 0.6 is 15.9 Å². The summed E-state index contributed by atoms with van der Waals surface area (Å²) in [6, 6.07) is 14.1. The van der Waals surface area contributed by atoms with Gasteiger partial charge in [-0.1, -0.05) is 29.8 Å². The summed E-state index contributed by atoms with van der Waals surface area (Å²) in [5.41, 5.74) is 2.28. The van der Waals surface area contributed by atoms with Gasteiger partial charge in [-0.3, -0.25) is 0 Å². The number of fused-ring (bicyclic) bond motifs is 1. The van der Waals surface area contributed by atoms with Crippen molar-refractivity contribution in [1.29, 1.82) is 0 Å². The van der Waals surface area contributed by atoms with Crippen LogP contribution in [0.3, 0.4) is 0 Å².